The number of rotatable bonds is 6. The number of benzene rings is 2. The monoisotopic (exact) mass is 358 g/mol. The van der Waals surface area contributed by atoms with Gasteiger partial charge in [-0.05, 0) is 35.9 Å². The molecule has 1 heterocycles. The zero-order chi connectivity index (χ0) is 18.5. The molecule has 0 saturated heterocycles. The summed E-state index contributed by atoms with van der Waals surface area (Å²) in [5.74, 6) is -0.292. The molecule has 1 N–H and O–H groups in total. The van der Waals surface area contributed by atoms with Gasteiger partial charge in [-0.2, -0.15) is 0 Å². The molecule has 3 rings (SSSR count). The number of alkyl halides is 2. The number of hydrogen-bond acceptors (Lipinski definition) is 3. The molecule has 6 heteroatoms. The van der Waals surface area contributed by atoms with Gasteiger partial charge in [-0.25, -0.2) is 18.2 Å². The fourth-order valence-corrected chi connectivity index (χ4v) is 2.50. The summed E-state index contributed by atoms with van der Waals surface area (Å²) in [6.45, 7) is 0.304. The van der Waals surface area contributed by atoms with Crippen LogP contribution >= 0.6 is 0 Å². The lowest BCUT2D eigenvalue weighted by Gasteiger charge is -2.10. The summed E-state index contributed by atoms with van der Waals surface area (Å²) in [7, 11) is 1.76. The normalized spacial score (nSPS) is 11.8. The fraction of sp³-hybridized carbons (Fsp3) is 0.150. The molecule has 0 spiro atoms. The fourth-order valence-electron chi connectivity index (χ4n) is 2.50. The lowest BCUT2D eigenvalue weighted by atomic mass is 10.1. The average molecular weight is 358 g/mol. The molecule has 0 unspecified atom stereocenters. The number of nitrogens with one attached hydrogen (secondary N) is 1. The molecule has 0 bridgehead atoms. The highest BCUT2D eigenvalue weighted by atomic mass is 19.3. The number of ether oxygens (including phenoxy) is 1. The third kappa shape index (κ3) is 4.14. The summed E-state index contributed by atoms with van der Waals surface area (Å²) in [4.78, 5) is 3.96. The van der Waals surface area contributed by atoms with E-state index in [1.165, 1.54) is 18.2 Å². The zero-order valence-electron chi connectivity index (χ0n) is 14.0. The topological polar surface area (TPSA) is 34.1 Å². The minimum atomic E-state index is -2.59. The van der Waals surface area contributed by atoms with E-state index in [-0.39, 0.29) is 11.5 Å². The highest BCUT2D eigenvalue weighted by Crippen LogP contribution is 2.23. The van der Waals surface area contributed by atoms with Crippen LogP contribution in [0.1, 0.15) is 23.2 Å². The van der Waals surface area contributed by atoms with Crippen molar-refractivity contribution >= 4 is 16.6 Å². The van der Waals surface area contributed by atoms with Gasteiger partial charge in [0.15, 0.2) is 0 Å². The van der Waals surface area contributed by atoms with Crippen LogP contribution in [0.2, 0.25) is 0 Å². The van der Waals surface area contributed by atoms with Crippen molar-refractivity contribution in [2.45, 2.75) is 13.0 Å². The first-order valence-electron chi connectivity index (χ1n) is 8.00. The molecular formula is C20H17F3N2O. The Hall–Kier alpha value is -3.02. The van der Waals surface area contributed by atoms with E-state index in [4.69, 9.17) is 4.74 Å². The van der Waals surface area contributed by atoms with E-state index in [0.29, 0.717) is 12.1 Å². The number of nitrogens with zero attached hydrogens (tertiary/aromatic N) is 1. The largest absolute Gasteiger partial charge is 0.494 e. The third-order valence-electron chi connectivity index (χ3n) is 3.88. The van der Waals surface area contributed by atoms with Crippen LogP contribution in [0.5, 0.6) is 0 Å². The highest BCUT2D eigenvalue weighted by molar-refractivity contribution is 5.83. The Morgan fingerprint density at radius 2 is 1.88 bits per heavy atom. The maximum absolute atomic E-state index is 12.9. The van der Waals surface area contributed by atoms with E-state index in [2.05, 4.69) is 10.3 Å². The molecule has 0 saturated carbocycles. The first-order valence-corrected chi connectivity index (χ1v) is 8.00. The van der Waals surface area contributed by atoms with Crippen LogP contribution in [0.3, 0.4) is 0 Å². The van der Waals surface area contributed by atoms with E-state index in [1.54, 1.807) is 43.6 Å². The first-order chi connectivity index (χ1) is 12.6. The number of aromatic nitrogens is 1. The van der Waals surface area contributed by atoms with Crippen molar-refractivity contribution in [2.75, 3.05) is 7.05 Å². The van der Waals surface area contributed by atoms with E-state index in [0.717, 1.165) is 22.2 Å². The molecule has 134 valence electrons. The summed E-state index contributed by atoms with van der Waals surface area (Å²) in [6.07, 6.45) is -1.02. The maximum Gasteiger partial charge on any atom is 0.280 e. The van der Waals surface area contributed by atoms with E-state index in [1.807, 2.05) is 6.07 Å². The number of hydrogen-bond donors (Lipinski definition) is 1. The van der Waals surface area contributed by atoms with Gasteiger partial charge in [-0.15, -0.1) is 0 Å². The summed E-state index contributed by atoms with van der Waals surface area (Å²) in [5.41, 5.74) is 2.68. The summed E-state index contributed by atoms with van der Waals surface area (Å²) >= 11 is 0. The van der Waals surface area contributed by atoms with Gasteiger partial charge in [0.1, 0.15) is 24.4 Å². The van der Waals surface area contributed by atoms with Gasteiger partial charge in [-0.3, -0.25) is 0 Å². The second-order valence-corrected chi connectivity index (χ2v) is 5.66. The molecule has 2 aromatic carbocycles. The quantitative estimate of drug-likeness (QED) is 0.627. The standard InChI is InChI=1S/C20H17F3N2O/c1-24-19(12-26-11-13-2-6-16(21)7-3-13)15-4-8-17-14(10-15)5-9-18(25-17)20(22)23/h2-10,12,20,24H,11H2,1H3/b19-12-. The van der Waals surface area contributed by atoms with Gasteiger partial charge in [0.05, 0.1) is 11.2 Å². The van der Waals surface area contributed by atoms with Crippen molar-refractivity contribution in [3.05, 3.63) is 83.5 Å². The molecule has 0 fully saturated rings. The van der Waals surface area contributed by atoms with Gasteiger partial charge < -0.3 is 10.1 Å². The molecule has 0 radical (unpaired) electrons. The van der Waals surface area contributed by atoms with Crippen molar-refractivity contribution in [2.24, 2.45) is 0 Å². The smallest absolute Gasteiger partial charge is 0.280 e. The number of fused-ring (bicyclic) bond motifs is 1. The highest BCUT2D eigenvalue weighted by Gasteiger charge is 2.10. The van der Waals surface area contributed by atoms with Crippen molar-refractivity contribution in [1.82, 2.24) is 10.3 Å². The summed E-state index contributed by atoms with van der Waals surface area (Å²) in [5, 5.41) is 3.80. The zero-order valence-corrected chi connectivity index (χ0v) is 14.0. The van der Waals surface area contributed by atoms with Gasteiger partial charge >= 0.3 is 0 Å². The van der Waals surface area contributed by atoms with E-state index in [9.17, 15) is 13.2 Å². The average Bonchev–Trinajstić information content (AvgIpc) is 2.66. The van der Waals surface area contributed by atoms with Gasteiger partial charge in [-0.1, -0.05) is 24.3 Å². The van der Waals surface area contributed by atoms with Gasteiger partial charge in [0.2, 0.25) is 0 Å². The molecule has 0 aliphatic carbocycles. The molecule has 0 aliphatic rings. The Bertz CT molecular complexity index is 924. The Morgan fingerprint density at radius 1 is 1.12 bits per heavy atom. The van der Waals surface area contributed by atoms with E-state index < -0.39 is 6.43 Å². The molecule has 0 aliphatic heterocycles. The van der Waals surface area contributed by atoms with Crippen LogP contribution in [0.25, 0.3) is 16.6 Å². The minimum absolute atomic E-state index is 0.239. The Kier molecular flexibility index (Phi) is 5.41. The summed E-state index contributed by atoms with van der Waals surface area (Å²) in [6, 6.07) is 14.4. The number of halogens is 3. The second-order valence-electron chi connectivity index (χ2n) is 5.66. The van der Waals surface area contributed by atoms with Gasteiger partial charge in [0.25, 0.3) is 6.43 Å². The van der Waals surface area contributed by atoms with Crippen molar-refractivity contribution in [3.8, 4) is 0 Å². The van der Waals surface area contributed by atoms with Crippen LogP contribution < -0.4 is 5.32 Å². The summed E-state index contributed by atoms with van der Waals surface area (Å²) < 4.78 is 43.9. The van der Waals surface area contributed by atoms with Crippen molar-refractivity contribution < 1.29 is 17.9 Å². The van der Waals surface area contributed by atoms with E-state index >= 15 is 0 Å². The van der Waals surface area contributed by atoms with Crippen LogP contribution in [-0.4, -0.2) is 12.0 Å². The first kappa shape index (κ1) is 17.8. The molecule has 1 aromatic heterocycles. The molecular weight excluding hydrogens is 341 g/mol. The predicted molar refractivity (Wildman–Crippen MR) is 94.9 cm³/mol. The van der Waals surface area contributed by atoms with Crippen LogP contribution in [0, 0.1) is 5.82 Å². The van der Waals surface area contributed by atoms with Crippen molar-refractivity contribution in [1.29, 1.82) is 0 Å². The SMILES string of the molecule is CN/C(=C\OCc1ccc(F)cc1)c1ccc2nc(C(F)F)ccc2c1. The van der Waals surface area contributed by atoms with Crippen LogP contribution in [0.15, 0.2) is 60.9 Å². The second kappa shape index (κ2) is 7.91. The van der Waals surface area contributed by atoms with Crippen LogP contribution in [-0.2, 0) is 11.3 Å². The van der Waals surface area contributed by atoms with Crippen molar-refractivity contribution in [3.63, 3.8) is 0 Å². The van der Waals surface area contributed by atoms with Crippen LogP contribution in [0.4, 0.5) is 13.2 Å². The Labute approximate surface area is 149 Å². The minimum Gasteiger partial charge on any atom is -0.494 e. The lowest BCUT2D eigenvalue weighted by molar-refractivity contribution is 0.146. The third-order valence-corrected chi connectivity index (χ3v) is 3.88. The predicted octanol–water partition coefficient (Wildman–Crippen LogP) is 5.05. The molecule has 3 nitrogen and oxygen atoms in total. The Balaban J connectivity index is 1.78. The maximum atomic E-state index is 12.9. The molecule has 26 heavy (non-hydrogen) atoms. The Morgan fingerprint density at radius 3 is 2.58 bits per heavy atom. The molecule has 3 aromatic rings. The number of pyridine rings is 1. The van der Waals surface area contributed by atoms with Gasteiger partial charge in [0, 0.05) is 18.0 Å². The molecule has 0 amide bonds. The lowest BCUT2D eigenvalue weighted by Crippen LogP contribution is -2.05. The molecule has 0 atom stereocenters.